The molecule has 16 heteroatoms. The lowest BCUT2D eigenvalue weighted by Crippen LogP contribution is -2.68. The molecule has 8 N–H and O–H groups in total. The van der Waals surface area contributed by atoms with Crippen molar-refractivity contribution in [3.63, 3.8) is 0 Å². The fourth-order valence-electron chi connectivity index (χ4n) is 4.89. The topological polar surface area (TPSA) is 235 Å². The molecule has 3 aliphatic heterocycles. The van der Waals surface area contributed by atoms with Crippen molar-refractivity contribution in [3.8, 4) is 0 Å². The Morgan fingerprint density at radius 2 is 1.32 bits per heavy atom. The molecule has 15 atom stereocenters. The van der Waals surface area contributed by atoms with E-state index >= 15 is 0 Å². The second-order valence-corrected chi connectivity index (χ2v) is 9.47. The molecule has 222 valence electrons. The van der Waals surface area contributed by atoms with E-state index in [1.54, 1.807) is 0 Å². The number of aliphatic hydroxyl groups is 7. The molecule has 3 aliphatic rings. The zero-order valence-corrected chi connectivity index (χ0v) is 21.5. The first kappa shape index (κ1) is 31.4. The summed E-state index contributed by atoms with van der Waals surface area (Å²) in [5, 5.41) is 74.9. The van der Waals surface area contributed by atoms with Crippen LogP contribution in [0.25, 0.3) is 0 Å². The average Bonchev–Trinajstić information content (AvgIpc) is 2.88. The maximum Gasteiger partial charge on any atom is 0.217 e. The molecule has 1 unspecified atom stereocenters. The molecule has 0 spiro atoms. The number of ether oxygens (including phenoxy) is 7. The minimum Gasteiger partial charge on any atom is -0.394 e. The summed E-state index contributed by atoms with van der Waals surface area (Å²) < 4.78 is 39.1. The Bertz CT molecular complexity index is 762. The predicted octanol–water partition coefficient (Wildman–Crippen LogP) is -5.09. The van der Waals surface area contributed by atoms with Gasteiger partial charge in [-0.25, -0.2) is 0 Å². The van der Waals surface area contributed by atoms with Gasteiger partial charge in [-0.15, -0.1) is 0 Å². The monoisotopic (exact) mass is 557 g/mol. The molecule has 0 saturated carbocycles. The van der Waals surface area contributed by atoms with Crippen molar-refractivity contribution in [3.05, 3.63) is 0 Å². The Morgan fingerprint density at radius 3 is 1.87 bits per heavy atom. The van der Waals surface area contributed by atoms with Gasteiger partial charge in [0.05, 0.1) is 19.3 Å². The lowest BCUT2D eigenvalue weighted by molar-refractivity contribution is -0.382. The van der Waals surface area contributed by atoms with Crippen LogP contribution in [0.15, 0.2) is 0 Å². The first-order valence-corrected chi connectivity index (χ1v) is 12.2. The second kappa shape index (κ2) is 13.5. The van der Waals surface area contributed by atoms with E-state index in [0.29, 0.717) is 0 Å². The molecule has 0 radical (unpaired) electrons. The van der Waals surface area contributed by atoms with Gasteiger partial charge in [0.2, 0.25) is 5.91 Å². The fourth-order valence-corrected chi connectivity index (χ4v) is 4.89. The second-order valence-electron chi connectivity index (χ2n) is 9.47. The number of aliphatic hydroxyl groups excluding tert-OH is 7. The van der Waals surface area contributed by atoms with E-state index in [1.165, 1.54) is 21.1 Å². The van der Waals surface area contributed by atoms with Crippen LogP contribution in [0.3, 0.4) is 0 Å². The zero-order chi connectivity index (χ0) is 28.3. The van der Waals surface area contributed by atoms with Gasteiger partial charge in [-0.05, 0) is 6.92 Å². The van der Waals surface area contributed by atoms with Gasteiger partial charge in [0, 0.05) is 21.1 Å². The Balaban J connectivity index is 1.93. The van der Waals surface area contributed by atoms with Gasteiger partial charge in [0.15, 0.2) is 18.9 Å². The van der Waals surface area contributed by atoms with E-state index in [2.05, 4.69) is 5.32 Å². The van der Waals surface area contributed by atoms with Gasteiger partial charge >= 0.3 is 0 Å². The molecule has 3 heterocycles. The number of hydrogen-bond acceptors (Lipinski definition) is 15. The molecule has 0 aromatic heterocycles. The van der Waals surface area contributed by atoms with Crippen LogP contribution in [0.2, 0.25) is 0 Å². The van der Waals surface area contributed by atoms with Crippen molar-refractivity contribution in [1.82, 2.24) is 5.32 Å². The lowest BCUT2D eigenvalue weighted by Gasteiger charge is -2.49. The SMILES string of the molecule is CO[C@@H]1[C@H](O[C@H]2[C@H](O[C@H]3[C@@H](O)[C@@H](CO)OC(O)[C@@H]3NC(C)=O)O[C@H](CO)[C@H](OC)[C@@H]2O)O[C@@H](C)[C@@H](O)[C@H]1O. The van der Waals surface area contributed by atoms with Gasteiger partial charge in [0.25, 0.3) is 0 Å². The van der Waals surface area contributed by atoms with Gasteiger partial charge in [-0.2, -0.15) is 0 Å². The maximum absolute atomic E-state index is 11.8. The highest BCUT2D eigenvalue weighted by atomic mass is 16.8. The Morgan fingerprint density at radius 1 is 0.737 bits per heavy atom. The summed E-state index contributed by atoms with van der Waals surface area (Å²) in [6.07, 6.45) is -19.1. The van der Waals surface area contributed by atoms with Crippen molar-refractivity contribution in [2.45, 2.75) is 106 Å². The quantitative estimate of drug-likeness (QED) is 0.132. The number of nitrogens with one attached hydrogen (secondary N) is 1. The van der Waals surface area contributed by atoms with Crippen LogP contribution in [0, 0.1) is 0 Å². The minimum atomic E-state index is -1.70. The average molecular weight is 558 g/mol. The third-order valence-corrected chi connectivity index (χ3v) is 6.95. The van der Waals surface area contributed by atoms with Gasteiger partial charge in [0.1, 0.15) is 67.1 Å². The van der Waals surface area contributed by atoms with E-state index in [-0.39, 0.29) is 0 Å². The number of hydrogen-bond donors (Lipinski definition) is 8. The Kier molecular flexibility index (Phi) is 11.2. The predicted molar refractivity (Wildman–Crippen MR) is 121 cm³/mol. The van der Waals surface area contributed by atoms with Gasteiger partial charge < -0.3 is 74.2 Å². The smallest absolute Gasteiger partial charge is 0.217 e. The molecule has 3 fully saturated rings. The summed E-state index contributed by atoms with van der Waals surface area (Å²) >= 11 is 0. The number of carbonyl (C=O) groups is 1. The largest absolute Gasteiger partial charge is 0.394 e. The standard InChI is InChI=1S/C22H39NO15/c1-7-12(27)14(29)18(33-4)21(34-7)38-19-15(30)16(32-3)10(6-25)36-22(19)37-17-11(23-8(2)26)20(31)35-9(5-24)13(17)28/h7,9-22,24-25,27-31H,5-6H2,1-4H3,(H,23,26)/t7-,9+,10+,11+,12+,13-,14+,15-,16-,17+,18-,19+,20?,21-,22-/m0/s1. The molecule has 3 saturated heterocycles. The van der Waals surface area contributed by atoms with Crippen molar-refractivity contribution >= 4 is 5.91 Å². The van der Waals surface area contributed by atoms with Gasteiger partial charge in [-0.1, -0.05) is 0 Å². The first-order chi connectivity index (χ1) is 18.0. The highest BCUT2D eigenvalue weighted by molar-refractivity contribution is 5.73. The van der Waals surface area contributed by atoms with E-state index in [0.717, 1.165) is 6.92 Å². The van der Waals surface area contributed by atoms with E-state index in [9.17, 15) is 40.5 Å². The zero-order valence-electron chi connectivity index (χ0n) is 21.5. The summed E-state index contributed by atoms with van der Waals surface area (Å²) in [7, 11) is 2.53. The fraction of sp³-hybridized carbons (Fsp3) is 0.955. The molecule has 16 nitrogen and oxygen atoms in total. The molecule has 3 rings (SSSR count). The number of rotatable bonds is 9. The molecule has 0 aromatic rings. The highest BCUT2D eigenvalue weighted by Gasteiger charge is 2.54. The third-order valence-electron chi connectivity index (χ3n) is 6.95. The normalized spacial score (nSPS) is 48.0. The van der Waals surface area contributed by atoms with E-state index < -0.39 is 111 Å². The summed E-state index contributed by atoms with van der Waals surface area (Å²) in [6, 6.07) is -1.34. The van der Waals surface area contributed by atoms with Crippen LogP contribution >= 0.6 is 0 Å². The number of methoxy groups -OCH3 is 2. The Hall–Kier alpha value is -1.09. The van der Waals surface area contributed by atoms with Crippen molar-refractivity contribution in [2.24, 2.45) is 0 Å². The summed E-state index contributed by atoms with van der Waals surface area (Å²) in [5.74, 6) is -0.592. The Labute approximate surface area is 218 Å². The number of amides is 1. The molecule has 0 aromatic carbocycles. The molecule has 0 aliphatic carbocycles. The third kappa shape index (κ3) is 6.45. The molecule has 0 bridgehead atoms. The van der Waals surface area contributed by atoms with E-state index in [4.69, 9.17) is 33.2 Å². The van der Waals surface area contributed by atoms with Crippen LogP contribution in [0.4, 0.5) is 0 Å². The highest BCUT2D eigenvalue weighted by Crippen LogP contribution is 2.33. The molecular formula is C22H39NO15. The van der Waals surface area contributed by atoms with Crippen molar-refractivity contribution < 1.29 is 73.7 Å². The number of carbonyl (C=O) groups excluding carboxylic acids is 1. The van der Waals surface area contributed by atoms with Gasteiger partial charge in [-0.3, -0.25) is 4.79 Å². The summed E-state index contributed by atoms with van der Waals surface area (Å²) in [6.45, 7) is 1.34. The maximum atomic E-state index is 11.8. The van der Waals surface area contributed by atoms with Crippen LogP contribution < -0.4 is 5.32 Å². The summed E-state index contributed by atoms with van der Waals surface area (Å²) in [4.78, 5) is 11.8. The van der Waals surface area contributed by atoms with Crippen molar-refractivity contribution in [1.29, 1.82) is 0 Å². The molecule has 38 heavy (non-hydrogen) atoms. The van der Waals surface area contributed by atoms with Crippen LogP contribution in [-0.4, -0.2) is 161 Å². The van der Waals surface area contributed by atoms with Crippen LogP contribution in [-0.2, 0) is 38.0 Å². The van der Waals surface area contributed by atoms with Crippen molar-refractivity contribution in [2.75, 3.05) is 27.4 Å². The molecular weight excluding hydrogens is 518 g/mol. The summed E-state index contributed by atoms with van der Waals surface area (Å²) in [5.41, 5.74) is 0. The lowest BCUT2D eigenvalue weighted by atomic mass is 9.95. The minimum absolute atomic E-state index is 0.592. The first-order valence-electron chi connectivity index (χ1n) is 12.2. The molecule has 1 amide bonds. The van der Waals surface area contributed by atoms with Crippen LogP contribution in [0.5, 0.6) is 0 Å². The van der Waals surface area contributed by atoms with Crippen LogP contribution in [0.1, 0.15) is 13.8 Å². The van der Waals surface area contributed by atoms with E-state index in [1.807, 2.05) is 0 Å².